The standard InChI is InChI=1S/C16H21N5O/c17-10-14-15(11-4-2-1-3-5-11)21(20-19-14)13-8-6-12(7-9-13)16(18)22/h6-9,11H,1-5,10,17H2,(H2,18,22). The largest absolute Gasteiger partial charge is 0.366 e. The highest BCUT2D eigenvalue weighted by Gasteiger charge is 2.24. The van der Waals surface area contributed by atoms with E-state index in [9.17, 15) is 4.79 Å². The van der Waals surface area contributed by atoms with Crippen molar-refractivity contribution in [3.05, 3.63) is 41.2 Å². The summed E-state index contributed by atoms with van der Waals surface area (Å²) < 4.78 is 1.86. The summed E-state index contributed by atoms with van der Waals surface area (Å²) in [6, 6.07) is 7.13. The number of hydrogen-bond donors (Lipinski definition) is 2. The zero-order valence-electron chi connectivity index (χ0n) is 12.5. The molecule has 1 aliphatic carbocycles. The van der Waals surface area contributed by atoms with Gasteiger partial charge in [0.05, 0.1) is 11.4 Å². The van der Waals surface area contributed by atoms with Crippen molar-refractivity contribution >= 4 is 5.91 Å². The predicted molar refractivity (Wildman–Crippen MR) is 83.6 cm³/mol. The molecule has 4 N–H and O–H groups in total. The number of aromatic nitrogens is 3. The van der Waals surface area contributed by atoms with Gasteiger partial charge in [-0.2, -0.15) is 0 Å². The molecule has 116 valence electrons. The maximum atomic E-state index is 11.2. The fourth-order valence-electron chi connectivity index (χ4n) is 3.21. The van der Waals surface area contributed by atoms with Gasteiger partial charge in [-0.15, -0.1) is 5.10 Å². The second kappa shape index (κ2) is 6.27. The molecule has 1 heterocycles. The monoisotopic (exact) mass is 299 g/mol. The molecule has 2 aromatic rings. The number of hydrogen-bond acceptors (Lipinski definition) is 4. The third kappa shape index (κ3) is 2.74. The van der Waals surface area contributed by atoms with Crippen molar-refractivity contribution in [3.63, 3.8) is 0 Å². The first-order valence-electron chi connectivity index (χ1n) is 7.75. The van der Waals surface area contributed by atoms with E-state index in [2.05, 4.69) is 10.3 Å². The lowest BCUT2D eigenvalue weighted by molar-refractivity contribution is 0.100. The summed E-state index contributed by atoms with van der Waals surface area (Å²) in [6.45, 7) is 0.394. The van der Waals surface area contributed by atoms with Gasteiger partial charge in [0, 0.05) is 18.0 Å². The van der Waals surface area contributed by atoms with Gasteiger partial charge in [-0.25, -0.2) is 4.68 Å². The second-order valence-electron chi connectivity index (χ2n) is 5.78. The lowest BCUT2D eigenvalue weighted by Crippen LogP contribution is -2.14. The van der Waals surface area contributed by atoms with E-state index in [0.717, 1.165) is 29.9 Å². The van der Waals surface area contributed by atoms with Crippen molar-refractivity contribution in [3.8, 4) is 5.69 Å². The van der Waals surface area contributed by atoms with Crippen LogP contribution in [0.4, 0.5) is 0 Å². The number of rotatable bonds is 4. The van der Waals surface area contributed by atoms with Crippen LogP contribution >= 0.6 is 0 Å². The molecular weight excluding hydrogens is 278 g/mol. The number of nitrogens with zero attached hydrogens (tertiary/aromatic N) is 3. The molecule has 6 nitrogen and oxygen atoms in total. The van der Waals surface area contributed by atoms with Crippen molar-refractivity contribution in [1.82, 2.24) is 15.0 Å². The molecule has 0 spiro atoms. The topological polar surface area (TPSA) is 99.8 Å². The molecule has 3 rings (SSSR count). The van der Waals surface area contributed by atoms with Gasteiger partial charge < -0.3 is 11.5 Å². The highest BCUT2D eigenvalue weighted by atomic mass is 16.1. The van der Waals surface area contributed by atoms with Crippen molar-refractivity contribution < 1.29 is 4.79 Å². The Bertz CT molecular complexity index is 656. The van der Waals surface area contributed by atoms with Gasteiger partial charge in [0.1, 0.15) is 5.69 Å². The van der Waals surface area contributed by atoms with Crippen LogP contribution < -0.4 is 11.5 Å². The van der Waals surface area contributed by atoms with E-state index in [1.165, 1.54) is 19.3 Å². The first-order chi connectivity index (χ1) is 10.7. The van der Waals surface area contributed by atoms with Gasteiger partial charge in [-0.1, -0.05) is 24.5 Å². The summed E-state index contributed by atoms with van der Waals surface area (Å²) in [7, 11) is 0. The molecule has 1 fully saturated rings. The van der Waals surface area contributed by atoms with Gasteiger partial charge in [-0.05, 0) is 37.1 Å². The molecule has 6 heteroatoms. The van der Waals surface area contributed by atoms with Crippen molar-refractivity contribution in [2.75, 3.05) is 0 Å². The minimum absolute atomic E-state index is 0.394. The summed E-state index contributed by atoms with van der Waals surface area (Å²) in [5.74, 6) is 0.0263. The Labute approximate surface area is 129 Å². The third-order valence-electron chi connectivity index (χ3n) is 4.36. The SMILES string of the molecule is NCc1nnn(-c2ccc(C(N)=O)cc2)c1C1CCCCC1. The van der Waals surface area contributed by atoms with Crippen LogP contribution in [0.1, 0.15) is 59.8 Å². The Morgan fingerprint density at radius 1 is 1.18 bits per heavy atom. The molecular formula is C16H21N5O. The van der Waals surface area contributed by atoms with Crippen LogP contribution in [0.5, 0.6) is 0 Å². The smallest absolute Gasteiger partial charge is 0.248 e. The van der Waals surface area contributed by atoms with E-state index < -0.39 is 5.91 Å². The van der Waals surface area contributed by atoms with Crippen LogP contribution in [0.15, 0.2) is 24.3 Å². The van der Waals surface area contributed by atoms with Crippen LogP contribution in [0.25, 0.3) is 5.69 Å². The molecule has 1 amide bonds. The fourth-order valence-corrected chi connectivity index (χ4v) is 3.21. The van der Waals surface area contributed by atoms with Crippen molar-refractivity contribution in [1.29, 1.82) is 0 Å². The lowest BCUT2D eigenvalue weighted by Gasteiger charge is -2.23. The highest BCUT2D eigenvalue weighted by molar-refractivity contribution is 5.92. The summed E-state index contributed by atoms with van der Waals surface area (Å²) >= 11 is 0. The highest BCUT2D eigenvalue weighted by Crippen LogP contribution is 2.34. The molecule has 1 aromatic carbocycles. The Morgan fingerprint density at radius 3 is 2.45 bits per heavy atom. The number of carbonyl (C=O) groups is 1. The summed E-state index contributed by atoms with van der Waals surface area (Å²) in [5.41, 5.74) is 14.5. The summed E-state index contributed by atoms with van der Waals surface area (Å²) in [5, 5.41) is 8.52. The molecule has 0 atom stereocenters. The van der Waals surface area contributed by atoms with Crippen LogP contribution in [-0.4, -0.2) is 20.9 Å². The normalized spacial score (nSPS) is 15.9. The van der Waals surface area contributed by atoms with E-state index in [1.54, 1.807) is 12.1 Å². The molecule has 1 saturated carbocycles. The van der Waals surface area contributed by atoms with Gasteiger partial charge >= 0.3 is 0 Å². The Kier molecular flexibility index (Phi) is 4.20. The van der Waals surface area contributed by atoms with Gasteiger partial charge in [0.2, 0.25) is 5.91 Å². The average molecular weight is 299 g/mol. The van der Waals surface area contributed by atoms with Gasteiger partial charge in [0.25, 0.3) is 0 Å². The number of primary amides is 1. The maximum Gasteiger partial charge on any atom is 0.248 e. The predicted octanol–water partition coefficient (Wildman–Crippen LogP) is 1.87. The molecule has 0 saturated heterocycles. The van der Waals surface area contributed by atoms with Crippen molar-refractivity contribution in [2.24, 2.45) is 11.5 Å². The quantitative estimate of drug-likeness (QED) is 0.900. The number of benzene rings is 1. The van der Waals surface area contributed by atoms with Crippen LogP contribution in [0, 0.1) is 0 Å². The van der Waals surface area contributed by atoms with E-state index >= 15 is 0 Å². The Hall–Kier alpha value is -2.21. The Balaban J connectivity index is 1.99. The zero-order chi connectivity index (χ0) is 15.5. The zero-order valence-corrected chi connectivity index (χ0v) is 12.5. The minimum Gasteiger partial charge on any atom is -0.366 e. The average Bonchev–Trinajstić information content (AvgIpc) is 2.99. The minimum atomic E-state index is -0.430. The molecule has 1 aromatic heterocycles. The third-order valence-corrected chi connectivity index (χ3v) is 4.36. The molecule has 0 aliphatic heterocycles. The first-order valence-corrected chi connectivity index (χ1v) is 7.75. The van der Waals surface area contributed by atoms with Crippen LogP contribution in [0.3, 0.4) is 0 Å². The van der Waals surface area contributed by atoms with E-state index in [4.69, 9.17) is 11.5 Å². The maximum absolute atomic E-state index is 11.2. The Morgan fingerprint density at radius 2 is 1.86 bits per heavy atom. The number of carbonyl (C=O) groups excluding carboxylic acids is 1. The first kappa shape index (κ1) is 14.7. The summed E-state index contributed by atoms with van der Waals surface area (Å²) in [6.07, 6.45) is 6.07. The number of amides is 1. The molecule has 1 aliphatic rings. The van der Waals surface area contributed by atoms with Gasteiger partial charge in [0.15, 0.2) is 0 Å². The van der Waals surface area contributed by atoms with E-state index in [1.807, 2.05) is 16.8 Å². The van der Waals surface area contributed by atoms with Gasteiger partial charge in [-0.3, -0.25) is 4.79 Å². The number of nitrogens with two attached hydrogens (primary N) is 2. The van der Waals surface area contributed by atoms with Crippen molar-refractivity contribution in [2.45, 2.75) is 44.6 Å². The van der Waals surface area contributed by atoms with E-state index in [-0.39, 0.29) is 0 Å². The molecule has 0 radical (unpaired) electrons. The molecule has 22 heavy (non-hydrogen) atoms. The fraction of sp³-hybridized carbons (Fsp3) is 0.438. The van der Waals surface area contributed by atoms with Crippen LogP contribution in [0.2, 0.25) is 0 Å². The second-order valence-corrected chi connectivity index (χ2v) is 5.78. The van der Waals surface area contributed by atoms with E-state index in [0.29, 0.717) is 18.0 Å². The molecule has 0 unspecified atom stereocenters. The summed E-state index contributed by atoms with van der Waals surface area (Å²) in [4.78, 5) is 11.2. The lowest BCUT2D eigenvalue weighted by atomic mass is 9.86. The van der Waals surface area contributed by atoms with Crippen LogP contribution in [-0.2, 0) is 6.54 Å². The molecule has 0 bridgehead atoms.